The molecule has 0 radical (unpaired) electrons. The predicted molar refractivity (Wildman–Crippen MR) is 80.0 cm³/mol. The summed E-state index contributed by atoms with van der Waals surface area (Å²) in [4.78, 5) is 0. The van der Waals surface area contributed by atoms with E-state index in [0.29, 0.717) is 6.04 Å². The van der Waals surface area contributed by atoms with Gasteiger partial charge in [-0.2, -0.15) is 5.10 Å². The van der Waals surface area contributed by atoms with Crippen LogP contribution in [0.3, 0.4) is 0 Å². The summed E-state index contributed by atoms with van der Waals surface area (Å²) < 4.78 is 1.96. The Balaban J connectivity index is 2.45. The molecule has 19 heavy (non-hydrogen) atoms. The van der Waals surface area contributed by atoms with E-state index in [1.165, 1.54) is 0 Å². The molecule has 102 valence electrons. The highest BCUT2D eigenvalue weighted by atomic mass is 35.5. The Morgan fingerprint density at radius 3 is 2.63 bits per heavy atom. The number of nitrogens with one attached hydrogen (secondary N) is 1. The summed E-state index contributed by atoms with van der Waals surface area (Å²) in [7, 11) is 0. The van der Waals surface area contributed by atoms with E-state index in [1.807, 2.05) is 23.7 Å². The normalized spacial score (nSPS) is 11.3. The van der Waals surface area contributed by atoms with E-state index in [2.05, 4.69) is 43.3 Å². The maximum absolute atomic E-state index is 6.34. The highest BCUT2D eigenvalue weighted by Crippen LogP contribution is 2.24. The number of aromatic nitrogens is 2. The van der Waals surface area contributed by atoms with E-state index < -0.39 is 0 Å². The zero-order chi connectivity index (χ0) is 14.0. The van der Waals surface area contributed by atoms with Crippen LogP contribution in [0.5, 0.6) is 0 Å². The summed E-state index contributed by atoms with van der Waals surface area (Å²) in [6.45, 7) is 9.05. The number of hydrogen-bond donors (Lipinski definition) is 1. The van der Waals surface area contributed by atoms with Gasteiger partial charge in [0, 0.05) is 28.9 Å². The molecule has 0 amide bonds. The zero-order valence-electron chi connectivity index (χ0n) is 11.9. The molecule has 0 fully saturated rings. The molecule has 0 aliphatic heterocycles. The second-order valence-electron chi connectivity index (χ2n) is 5.11. The van der Waals surface area contributed by atoms with Crippen LogP contribution in [0.1, 0.15) is 30.8 Å². The van der Waals surface area contributed by atoms with Crippen molar-refractivity contribution in [2.75, 3.05) is 0 Å². The van der Waals surface area contributed by atoms with Gasteiger partial charge in [0.05, 0.1) is 11.4 Å². The van der Waals surface area contributed by atoms with Crippen molar-refractivity contribution in [2.24, 2.45) is 0 Å². The first-order chi connectivity index (χ1) is 8.99. The maximum Gasteiger partial charge on any atom is 0.0708 e. The van der Waals surface area contributed by atoms with Crippen LogP contribution >= 0.6 is 11.6 Å². The first-order valence-electron chi connectivity index (χ1n) is 6.53. The monoisotopic (exact) mass is 277 g/mol. The molecule has 0 bridgehead atoms. The van der Waals surface area contributed by atoms with Crippen molar-refractivity contribution in [1.82, 2.24) is 15.1 Å². The number of halogens is 1. The van der Waals surface area contributed by atoms with Crippen LogP contribution in [-0.4, -0.2) is 15.8 Å². The second-order valence-corrected chi connectivity index (χ2v) is 5.52. The smallest absolute Gasteiger partial charge is 0.0708 e. The number of benzene rings is 1. The number of nitrogens with zero attached hydrogens (tertiary/aromatic N) is 2. The SMILES string of the molecule is Cc1cc(C)n(-c2cccc(Cl)c2CNC(C)C)n1. The minimum atomic E-state index is 0.421. The zero-order valence-corrected chi connectivity index (χ0v) is 12.6. The lowest BCUT2D eigenvalue weighted by molar-refractivity contribution is 0.586. The average Bonchev–Trinajstić information content (AvgIpc) is 2.66. The number of rotatable bonds is 4. The van der Waals surface area contributed by atoms with E-state index in [9.17, 15) is 0 Å². The Morgan fingerprint density at radius 1 is 1.32 bits per heavy atom. The molecule has 0 aliphatic rings. The van der Waals surface area contributed by atoms with Gasteiger partial charge >= 0.3 is 0 Å². The summed E-state index contributed by atoms with van der Waals surface area (Å²) >= 11 is 6.34. The third-order valence-corrected chi connectivity index (χ3v) is 3.37. The first kappa shape index (κ1) is 14.1. The minimum Gasteiger partial charge on any atom is -0.310 e. The average molecular weight is 278 g/mol. The van der Waals surface area contributed by atoms with Crippen LogP contribution in [0, 0.1) is 13.8 Å². The molecule has 0 aliphatic carbocycles. The molecule has 1 aromatic heterocycles. The standard InChI is InChI=1S/C15H20ClN3/c1-10(2)17-9-13-14(16)6-5-7-15(13)19-12(4)8-11(3)18-19/h5-8,10,17H,9H2,1-4H3. The topological polar surface area (TPSA) is 29.9 Å². The fourth-order valence-corrected chi connectivity index (χ4v) is 2.34. The molecule has 3 nitrogen and oxygen atoms in total. The van der Waals surface area contributed by atoms with Gasteiger partial charge in [-0.15, -0.1) is 0 Å². The van der Waals surface area contributed by atoms with E-state index in [0.717, 1.165) is 34.2 Å². The van der Waals surface area contributed by atoms with Crippen LogP contribution in [0.4, 0.5) is 0 Å². The molecule has 2 rings (SSSR count). The molecule has 0 saturated carbocycles. The van der Waals surface area contributed by atoms with Crippen molar-refractivity contribution in [2.45, 2.75) is 40.3 Å². The molecule has 1 heterocycles. The summed E-state index contributed by atoms with van der Waals surface area (Å²) in [5.74, 6) is 0. The lowest BCUT2D eigenvalue weighted by atomic mass is 10.1. The largest absolute Gasteiger partial charge is 0.310 e. The summed E-state index contributed by atoms with van der Waals surface area (Å²) in [6, 6.07) is 8.44. The number of hydrogen-bond acceptors (Lipinski definition) is 2. The van der Waals surface area contributed by atoms with E-state index in [-0.39, 0.29) is 0 Å². The van der Waals surface area contributed by atoms with Crippen LogP contribution in [0.2, 0.25) is 5.02 Å². The molecular weight excluding hydrogens is 258 g/mol. The number of aryl methyl sites for hydroxylation is 2. The van der Waals surface area contributed by atoms with E-state index >= 15 is 0 Å². The highest BCUT2D eigenvalue weighted by molar-refractivity contribution is 6.31. The molecule has 2 aromatic rings. The van der Waals surface area contributed by atoms with Gasteiger partial charge in [-0.25, -0.2) is 4.68 Å². The maximum atomic E-state index is 6.34. The fourth-order valence-electron chi connectivity index (χ4n) is 2.10. The lowest BCUT2D eigenvalue weighted by Gasteiger charge is -2.15. The van der Waals surface area contributed by atoms with Gasteiger partial charge in [-0.3, -0.25) is 0 Å². The van der Waals surface area contributed by atoms with Gasteiger partial charge in [-0.1, -0.05) is 31.5 Å². The summed E-state index contributed by atoms with van der Waals surface area (Å²) in [6.07, 6.45) is 0. The molecular formula is C15H20ClN3. The summed E-state index contributed by atoms with van der Waals surface area (Å²) in [5, 5.41) is 8.73. The van der Waals surface area contributed by atoms with Gasteiger partial charge in [0.1, 0.15) is 0 Å². The molecule has 1 aromatic carbocycles. The Morgan fingerprint density at radius 2 is 2.05 bits per heavy atom. The molecule has 0 spiro atoms. The van der Waals surface area contributed by atoms with Gasteiger partial charge < -0.3 is 5.32 Å². The molecule has 0 atom stereocenters. The van der Waals surface area contributed by atoms with Crippen molar-refractivity contribution in [3.8, 4) is 5.69 Å². The highest BCUT2D eigenvalue weighted by Gasteiger charge is 2.12. The van der Waals surface area contributed by atoms with Gasteiger partial charge in [0.15, 0.2) is 0 Å². The fraction of sp³-hybridized carbons (Fsp3) is 0.400. The first-order valence-corrected chi connectivity index (χ1v) is 6.91. The van der Waals surface area contributed by atoms with Crippen molar-refractivity contribution in [3.63, 3.8) is 0 Å². The van der Waals surface area contributed by atoms with Crippen LogP contribution < -0.4 is 5.32 Å². The van der Waals surface area contributed by atoms with E-state index in [1.54, 1.807) is 0 Å². The summed E-state index contributed by atoms with van der Waals surface area (Å²) in [5.41, 5.74) is 4.26. The van der Waals surface area contributed by atoms with Crippen LogP contribution in [0.25, 0.3) is 5.69 Å². The Hall–Kier alpha value is -1.32. The molecule has 4 heteroatoms. The van der Waals surface area contributed by atoms with Crippen LogP contribution in [0.15, 0.2) is 24.3 Å². The van der Waals surface area contributed by atoms with E-state index in [4.69, 9.17) is 11.6 Å². The Kier molecular flexibility index (Phi) is 4.27. The molecule has 0 unspecified atom stereocenters. The van der Waals surface area contributed by atoms with Gasteiger partial charge in [-0.05, 0) is 32.0 Å². The Labute approximate surface area is 119 Å². The Bertz CT molecular complexity index is 573. The molecule has 0 saturated heterocycles. The van der Waals surface area contributed by atoms with Crippen molar-refractivity contribution >= 4 is 11.6 Å². The predicted octanol–water partition coefficient (Wildman–Crippen LogP) is 3.64. The third kappa shape index (κ3) is 3.17. The van der Waals surface area contributed by atoms with Crippen molar-refractivity contribution in [3.05, 3.63) is 46.2 Å². The van der Waals surface area contributed by atoms with Crippen molar-refractivity contribution < 1.29 is 0 Å². The lowest BCUT2D eigenvalue weighted by Crippen LogP contribution is -2.23. The van der Waals surface area contributed by atoms with Gasteiger partial charge in [0.25, 0.3) is 0 Å². The minimum absolute atomic E-state index is 0.421. The van der Waals surface area contributed by atoms with Crippen LogP contribution in [-0.2, 0) is 6.54 Å². The third-order valence-electron chi connectivity index (χ3n) is 3.02. The second kappa shape index (κ2) is 5.76. The quantitative estimate of drug-likeness (QED) is 0.925. The van der Waals surface area contributed by atoms with Crippen molar-refractivity contribution in [1.29, 1.82) is 0 Å². The van der Waals surface area contributed by atoms with Gasteiger partial charge in [0.2, 0.25) is 0 Å². The molecule has 1 N–H and O–H groups in total.